The lowest BCUT2D eigenvalue weighted by Crippen LogP contribution is -2.34. The average Bonchev–Trinajstić information content (AvgIpc) is 2.79. The summed E-state index contributed by atoms with van der Waals surface area (Å²) in [5.74, 6) is 1.19. The molecule has 4 rings (SSSR count). The lowest BCUT2D eigenvalue weighted by Gasteiger charge is -2.13. The number of para-hydroxylation sites is 1. The first kappa shape index (κ1) is 19.0. The fourth-order valence-electron chi connectivity index (χ4n) is 2.73. The number of nitrogens with one attached hydrogen (secondary N) is 2. The molecular weight excluding hydrogens is 382 g/mol. The first-order valence-electron chi connectivity index (χ1n) is 9.19. The number of hydrogen-bond acceptors (Lipinski definition) is 7. The number of carbonyl (C=O) groups excluding carboxylic acids is 1. The summed E-state index contributed by atoms with van der Waals surface area (Å²) < 4.78 is 11.2. The Morgan fingerprint density at radius 3 is 2.50 bits per heavy atom. The lowest BCUT2D eigenvalue weighted by molar-refractivity contribution is -0.122. The fourth-order valence-corrected chi connectivity index (χ4v) is 2.73. The van der Waals surface area contributed by atoms with E-state index in [-0.39, 0.29) is 24.0 Å². The smallest absolute Gasteiger partial charge is 0.276 e. The number of aromatic nitrogens is 2. The molecule has 0 spiro atoms. The summed E-state index contributed by atoms with van der Waals surface area (Å²) in [5.41, 5.74) is 11.4. The Kier molecular flexibility index (Phi) is 5.56. The monoisotopic (exact) mass is 401 g/mol. The van der Waals surface area contributed by atoms with Crippen LogP contribution in [0.2, 0.25) is 0 Å². The van der Waals surface area contributed by atoms with Gasteiger partial charge in [0.2, 0.25) is 5.88 Å². The molecular formula is C22H19N5O3. The summed E-state index contributed by atoms with van der Waals surface area (Å²) in [7, 11) is 0. The number of ether oxygens (including phenoxy) is 2. The number of rotatable bonds is 7. The number of benzene rings is 3. The van der Waals surface area contributed by atoms with Gasteiger partial charge in [-0.25, -0.2) is 4.98 Å². The molecule has 8 nitrogen and oxygen atoms in total. The number of anilines is 2. The zero-order valence-electron chi connectivity index (χ0n) is 15.9. The van der Waals surface area contributed by atoms with E-state index in [0.29, 0.717) is 11.5 Å². The summed E-state index contributed by atoms with van der Waals surface area (Å²) in [4.78, 5) is 20.1. The third-order valence-electron chi connectivity index (χ3n) is 4.22. The summed E-state index contributed by atoms with van der Waals surface area (Å²) in [6.45, 7) is -0.164. The zero-order valence-corrected chi connectivity index (χ0v) is 15.9. The Hall–Kier alpha value is -4.33. The van der Waals surface area contributed by atoms with Crippen molar-refractivity contribution in [1.29, 1.82) is 0 Å². The molecule has 0 saturated carbocycles. The van der Waals surface area contributed by atoms with Crippen LogP contribution in [-0.2, 0) is 4.79 Å². The maximum atomic E-state index is 12.0. The minimum atomic E-state index is -0.395. The van der Waals surface area contributed by atoms with Crippen molar-refractivity contribution in [3.05, 3.63) is 79.1 Å². The molecule has 150 valence electrons. The Bertz CT molecular complexity index is 1170. The van der Waals surface area contributed by atoms with Crippen molar-refractivity contribution in [2.75, 3.05) is 17.8 Å². The van der Waals surface area contributed by atoms with Gasteiger partial charge in [0.25, 0.3) is 5.91 Å². The molecule has 1 heterocycles. The van der Waals surface area contributed by atoms with Crippen LogP contribution in [0, 0.1) is 0 Å². The number of nitrogen functional groups attached to an aromatic ring is 1. The highest BCUT2D eigenvalue weighted by Gasteiger charge is 2.12. The van der Waals surface area contributed by atoms with Crippen molar-refractivity contribution >= 4 is 28.2 Å². The molecule has 8 heteroatoms. The largest absolute Gasteiger partial charge is 0.484 e. The molecule has 0 aliphatic rings. The van der Waals surface area contributed by atoms with Gasteiger partial charge in [-0.15, -0.1) is 0 Å². The molecule has 0 saturated heterocycles. The van der Waals surface area contributed by atoms with Crippen LogP contribution < -0.4 is 26.1 Å². The maximum absolute atomic E-state index is 12.0. The summed E-state index contributed by atoms with van der Waals surface area (Å²) in [5, 5.41) is 2.13. The van der Waals surface area contributed by atoms with Crippen molar-refractivity contribution in [2.45, 2.75) is 0 Å². The van der Waals surface area contributed by atoms with Gasteiger partial charge in [-0.3, -0.25) is 15.6 Å². The molecule has 0 fully saturated rings. The van der Waals surface area contributed by atoms with E-state index in [1.54, 1.807) is 12.1 Å². The van der Waals surface area contributed by atoms with Crippen LogP contribution in [0.1, 0.15) is 0 Å². The second-order valence-corrected chi connectivity index (χ2v) is 6.33. The van der Waals surface area contributed by atoms with Gasteiger partial charge in [0.05, 0.1) is 0 Å². The van der Waals surface area contributed by atoms with Gasteiger partial charge < -0.3 is 15.2 Å². The first-order chi connectivity index (χ1) is 14.7. The minimum Gasteiger partial charge on any atom is -0.484 e. The highest BCUT2D eigenvalue weighted by molar-refractivity contribution is 5.84. The van der Waals surface area contributed by atoms with Crippen molar-refractivity contribution < 1.29 is 14.3 Å². The second kappa shape index (κ2) is 8.78. The van der Waals surface area contributed by atoms with E-state index in [1.807, 2.05) is 60.7 Å². The average molecular weight is 401 g/mol. The van der Waals surface area contributed by atoms with Crippen LogP contribution in [0.3, 0.4) is 0 Å². The van der Waals surface area contributed by atoms with Crippen LogP contribution in [-0.4, -0.2) is 22.5 Å². The molecule has 1 aromatic heterocycles. The van der Waals surface area contributed by atoms with Crippen molar-refractivity contribution in [2.24, 2.45) is 0 Å². The third-order valence-corrected chi connectivity index (χ3v) is 4.22. The van der Waals surface area contributed by atoms with Gasteiger partial charge in [0, 0.05) is 0 Å². The number of hydrogen-bond donors (Lipinski definition) is 3. The number of fused-ring (bicyclic) bond motifs is 1. The Balaban J connectivity index is 1.39. The Morgan fingerprint density at radius 1 is 0.900 bits per heavy atom. The minimum absolute atomic E-state index is 0.162. The quantitative estimate of drug-likeness (QED) is 0.406. The molecule has 0 radical (unpaired) electrons. The number of amides is 1. The van der Waals surface area contributed by atoms with Gasteiger partial charge >= 0.3 is 0 Å². The highest BCUT2D eigenvalue weighted by Crippen LogP contribution is 2.30. The fraction of sp³-hybridized carbons (Fsp3) is 0.0455. The van der Waals surface area contributed by atoms with Crippen LogP contribution >= 0.6 is 0 Å². The van der Waals surface area contributed by atoms with E-state index in [4.69, 9.17) is 15.2 Å². The van der Waals surface area contributed by atoms with Crippen LogP contribution in [0.25, 0.3) is 10.8 Å². The molecule has 0 atom stereocenters. The van der Waals surface area contributed by atoms with Gasteiger partial charge in [0.15, 0.2) is 12.4 Å². The van der Waals surface area contributed by atoms with Crippen molar-refractivity contribution in [1.82, 2.24) is 15.4 Å². The van der Waals surface area contributed by atoms with E-state index in [1.165, 1.54) is 6.33 Å². The van der Waals surface area contributed by atoms with E-state index in [2.05, 4.69) is 20.8 Å². The lowest BCUT2D eigenvalue weighted by atomic mass is 10.1. The standard InChI is InChI=1S/C22H19N5O3/c23-20-21(27-26-19(28)13-29-17-8-2-1-3-9-17)24-14-25-22(20)30-18-11-10-15-6-4-5-7-16(15)12-18/h1-12,14H,13,23H2,(H,26,28)(H,24,25,27). The zero-order chi connectivity index (χ0) is 20.8. The van der Waals surface area contributed by atoms with Crippen molar-refractivity contribution in [3.8, 4) is 17.4 Å². The van der Waals surface area contributed by atoms with Gasteiger partial charge in [-0.05, 0) is 35.0 Å². The van der Waals surface area contributed by atoms with E-state index in [9.17, 15) is 4.79 Å². The van der Waals surface area contributed by atoms with E-state index in [0.717, 1.165) is 10.8 Å². The van der Waals surface area contributed by atoms with Gasteiger partial charge in [0.1, 0.15) is 23.5 Å². The summed E-state index contributed by atoms with van der Waals surface area (Å²) >= 11 is 0. The number of hydrazine groups is 1. The first-order valence-corrected chi connectivity index (χ1v) is 9.19. The molecule has 30 heavy (non-hydrogen) atoms. The molecule has 3 aromatic carbocycles. The van der Waals surface area contributed by atoms with Gasteiger partial charge in [-0.2, -0.15) is 4.98 Å². The third kappa shape index (κ3) is 4.56. The van der Waals surface area contributed by atoms with Crippen LogP contribution in [0.15, 0.2) is 79.1 Å². The van der Waals surface area contributed by atoms with E-state index >= 15 is 0 Å². The Morgan fingerprint density at radius 2 is 1.67 bits per heavy atom. The molecule has 4 N–H and O–H groups in total. The van der Waals surface area contributed by atoms with Crippen molar-refractivity contribution in [3.63, 3.8) is 0 Å². The summed E-state index contributed by atoms with van der Waals surface area (Å²) in [6, 6.07) is 22.7. The number of carbonyl (C=O) groups is 1. The SMILES string of the molecule is Nc1c(NNC(=O)COc2ccccc2)ncnc1Oc1ccc2ccccc2c1. The Labute approximate surface area is 172 Å². The molecule has 1 amide bonds. The highest BCUT2D eigenvalue weighted by atomic mass is 16.5. The molecule has 0 unspecified atom stereocenters. The van der Waals surface area contributed by atoms with Crippen LogP contribution in [0.4, 0.5) is 11.5 Å². The number of nitrogens with zero attached hydrogens (tertiary/aromatic N) is 2. The molecule has 0 aliphatic heterocycles. The predicted octanol–water partition coefficient (Wildman–Crippen LogP) is 3.53. The predicted molar refractivity (Wildman–Crippen MR) is 114 cm³/mol. The van der Waals surface area contributed by atoms with Gasteiger partial charge in [-0.1, -0.05) is 48.5 Å². The summed E-state index contributed by atoms with van der Waals surface area (Å²) in [6.07, 6.45) is 1.29. The number of nitrogens with two attached hydrogens (primary N) is 1. The molecule has 4 aromatic rings. The maximum Gasteiger partial charge on any atom is 0.276 e. The van der Waals surface area contributed by atoms with Crippen LogP contribution in [0.5, 0.6) is 17.4 Å². The second-order valence-electron chi connectivity index (χ2n) is 6.33. The normalized spacial score (nSPS) is 10.4. The molecule has 0 aliphatic carbocycles. The molecule has 0 bridgehead atoms. The van der Waals surface area contributed by atoms with E-state index < -0.39 is 5.91 Å². The topological polar surface area (TPSA) is 111 Å².